The van der Waals surface area contributed by atoms with Crippen molar-refractivity contribution in [3.8, 4) is 5.69 Å². The Balaban J connectivity index is 1.90. The fourth-order valence-corrected chi connectivity index (χ4v) is 3.46. The predicted molar refractivity (Wildman–Crippen MR) is 107 cm³/mol. The number of para-hydroxylation sites is 1. The van der Waals surface area contributed by atoms with Gasteiger partial charge in [-0.3, -0.25) is 4.79 Å². The Morgan fingerprint density at radius 1 is 0.966 bits per heavy atom. The van der Waals surface area contributed by atoms with Crippen LogP contribution in [-0.4, -0.2) is 10.5 Å². The van der Waals surface area contributed by atoms with Crippen molar-refractivity contribution in [3.63, 3.8) is 0 Å². The molecule has 3 rings (SSSR count). The number of carbonyl (C=O) groups is 1. The van der Waals surface area contributed by atoms with Crippen LogP contribution in [0.5, 0.6) is 0 Å². The molecule has 0 radical (unpaired) electrons. The van der Waals surface area contributed by atoms with E-state index >= 15 is 0 Å². The zero-order valence-corrected chi connectivity index (χ0v) is 16.8. The van der Waals surface area contributed by atoms with Crippen LogP contribution in [0.15, 0.2) is 48.5 Å². The summed E-state index contributed by atoms with van der Waals surface area (Å²) in [4.78, 5) is 12.7. The van der Waals surface area contributed by atoms with Gasteiger partial charge in [-0.05, 0) is 62.6 Å². The first-order valence-corrected chi connectivity index (χ1v) is 9.29. The van der Waals surface area contributed by atoms with Gasteiger partial charge in [0.2, 0.25) is 0 Å². The van der Waals surface area contributed by atoms with Gasteiger partial charge in [0.15, 0.2) is 0 Å². The van der Waals surface area contributed by atoms with E-state index in [2.05, 4.69) is 5.32 Å². The molecule has 0 atom stereocenters. The van der Waals surface area contributed by atoms with E-state index in [4.69, 9.17) is 0 Å². The molecule has 3 nitrogen and oxygen atoms in total. The summed E-state index contributed by atoms with van der Waals surface area (Å²) in [6.45, 7) is 7.73. The third kappa shape index (κ3) is 4.21. The van der Waals surface area contributed by atoms with Gasteiger partial charge in [0.1, 0.15) is 0 Å². The van der Waals surface area contributed by atoms with Gasteiger partial charge in [-0.2, -0.15) is 13.2 Å². The van der Waals surface area contributed by atoms with Crippen LogP contribution in [0.25, 0.3) is 5.69 Å². The second-order valence-corrected chi connectivity index (χ2v) is 7.24. The van der Waals surface area contributed by atoms with E-state index in [9.17, 15) is 18.0 Å². The first kappa shape index (κ1) is 20.7. The van der Waals surface area contributed by atoms with E-state index in [-0.39, 0.29) is 11.6 Å². The first-order valence-electron chi connectivity index (χ1n) is 9.29. The van der Waals surface area contributed by atoms with E-state index in [1.807, 2.05) is 32.0 Å². The van der Waals surface area contributed by atoms with Crippen LogP contribution < -0.4 is 5.32 Å². The lowest BCUT2D eigenvalue weighted by Crippen LogP contribution is -2.23. The van der Waals surface area contributed by atoms with Crippen LogP contribution >= 0.6 is 0 Å². The second-order valence-electron chi connectivity index (χ2n) is 7.24. The van der Waals surface area contributed by atoms with Gasteiger partial charge in [-0.1, -0.05) is 30.3 Å². The number of aryl methyl sites for hydroxylation is 3. The lowest BCUT2D eigenvalue weighted by Gasteiger charge is -2.16. The number of halogens is 3. The highest BCUT2D eigenvalue weighted by Gasteiger charge is 2.34. The second kappa shape index (κ2) is 7.78. The summed E-state index contributed by atoms with van der Waals surface area (Å²) < 4.78 is 41.8. The van der Waals surface area contributed by atoms with Gasteiger partial charge in [-0.15, -0.1) is 0 Å². The number of carbonyl (C=O) groups excluding carboxylic acids is 1. The van der Waals surface area contributed by atoms with E-state index in [1.165, 1.54) is 22.3 Å². The van der Waals surface area contributed by atoms with Crippen LogP contribution in [0.2, 0.25) is 0 Å². The van der Waals surface area contributed by atoms with Crippen molar-refractivity contribution in [2.75, 3.05) is 0 Å². The molecule has 0 saturated carbocycles. The highest BCUT2D eigenvalue weighted by atomic mass is 19.4. The maximum Gasteiger partial charge on any atom is 0.418 e. The topological polar surface area (TPSA) is 34.0 Å². The van der Waals surface area contributed by atoms with Crippen molar-refractivity contribution in [3.05, 3.63) is 87.7 Å². The average Bonchev–Trinajstić information content (AvgIpc) is 2.96. The number of aromatic nitrogens is 1. The van der Waals surface area contributed by atoms with Gasteiger partial charge in [0.05, 0.1) is 16.8 Å². The van der Waals surface area contributed by atoms with Crippen molar-refractivity contribution >= 4 is 5.91 Å². The Kier molecular flexibility index (Phi) is 5.55. The molecule has 0 spiro atoms. The van der Waals surface area contributed by atoms with Crippen LogP contribution in [0.4, 0.5) is 13.2 Å². The first-order chi connectivity index (χ1) is 13.6. The minimum atomic E-state index is -4.48. The van der Waals surface area contributed by atoms with E-state index in [1.54, 1.807) is 26.0 Å². The number of rotatable bonds is 4. The standard InChI is InChI=1S/C23H23F3N2O/c1-14-9-10-18(11-15(14)2)13-27-22(29)19-12-16(3)28(17(19)4)21-8-6-5-7-20(21)23(24,25)26/h5-12H,13H2,1-4H3,(H,27,29). The normalized spacial score (nSPS) is 11.6. The minimum absolute atomic E-state index is 0.0169. The third-order valence-electron chi connectivity index (χ3n) is 5.15. The Hall–Kier alpha value is -3.02. The third-order valence-corrected chi connectivity index (χ3v) is 5.15. The minimum Gasteiger partial charge on any atom is -0.348 e. The molecule has 29 heavy (non-hydrogen) atoms. The lowest BCUT2D eigenvalue weighted by molar-refractivity contribution is -0.137. The fourth-order valence-electron chi connectivity index (χ4n) is 3.46. The highest BCUT2D eigenvalue weighted by Crippen LogP contribution is 2.35. The molecule has 0 aliphatic rings. The van der Waals surface area contributed by atoms with Gasteiger partial charge in [0, 0.05) is 17.9 Å². The Labute approximate surface area is 168 Å². The maximum atomic E-state index is 13.4. The molecule has 1 aromatic heterocycles. The van der Waals surface area contributed by atoms with Crippen molar-refractivity contribution in [2.24, 2.45) is 0 Å². The van der Waals surface area contributed by atoms with Crippen molar-refractivity contribution in [2.45, 2.75) is 40.4 Å². The molecule has 0 bridgehead atoms. The lowest BCUT2D eigenvalue weighted by atomic mass is 10.1. The fraction of sp³-hybridized carbons (Fsp3) is 0.261. The molecule has 0 aliphatic carbocycles. The van der Waals surface area contributed by atoms with Crippen LogP contribution in [0.1, 0.15) is 44.0 Å². The number of hydrogen-bond acceptors (Lipinski definition) is 1. The SMILES string of the molecule is Cc1ccc(CNC(=O)c2cc(C)n(-c3ccccc3C(F)(F)F)c2C)cc1C. The molecular formula is C23H23F3N2O. The van der Waals surface area contributed by atoms with E-state index < -0.39 is 11.7 Å². The largest absolute Gasteiger partial charge is 0.418 e. The highest BCUT2D eigenvalue weighted by molar-refractivity contribution is 5.95. The van der Waals surface area contributed by atoms with Gasteiger partial charge in [0.25, 0.3) is 5.91 Å². The zero-order valence-electron chi connectivity index (χ0n) is 16.8. The van der Waals surface area contributed by atoms with Crippen LogP contribution in [-0.2, 0) is 12.7 Å². The molecule has 0 aliphatic heterocycles. The number of hydrogen-bond donors (Lipinski definition) is 1. The monoisotopic (exact) mass is 400 g/mol. The smallest absolute Gasteiger partial charge is 0.348 e. The summed E-state index contributed by atoms with van der Waals surface area (Å²) in [5, 5.41) is 2.87. The number of nitrogens with zero attached hydrogens (tertiary/aromatic N) is 1. The maximum absolute atomic E-state index is 13.4. The summed E-state index contributed by atoms with van der Waals surface area (Å²) in [5.74, 6) is -0.313. The Bertz CT molecular complexity index is 1060. The van der Waals surface area contributed by atoms with E-state index in [0.717, 1.165) is 17.2 Å². The molecule has 3 aromatic rings. The molecule has 2 aromatic carbocycles. The average molecular weight is 400 g/mol. The van der Waals surface area contributed by atoms with Crippen molar-refractivity contribution in [1.82, 2.24) is 9.88 Å². The molecule has 6 heteroatoms. The quantitative estimate of drug-likeness (QED) is 0.602. The molecule has 152 valence electrons. The zero-order chi connectivity index (χ0) is 21.3. The molecule has 1 heterocycles. The number of alkyl halides is 3. The predicted octanol–water partition coefficient (Wildman–Crippen LogP) is 5.66. The van der Waals surface area contributed by atoms with Gasteiger partial charge in [-0.25, -0.2) is 0 Å². The van der Waals surface area contributed by atoms with E-state index in [0.29, 0.717) is 23.5 Å². The summed E-state index contributed by atoms with van der Waals surface area (Å²) in [5.41, 5.74) is 3.96. The number of amides is 1. The molecule has 1 N–H and O–H groups in total. The molecule has 0 saturated heterocycles. The summed E-state index contributed by atoms with van der Waals surface area (Å²) in [6.07, 6.45) is -4.48. The Morgan fingerprint density at radius 2 is 1.66 bits per heavy atom. The molecule has 1 amide bonds. The van der Waals surface area contributed by atoms with Crippen LogP contribution in [0.3, 0.4) is 0 Å². The molecule has 0 fully saturated rings. The van der Waals surface area contributed by atoms with Gasteiger partial charge < -0.3 is 9.88 Å². The summed E-state index contributed by atoms with van der Waals surface area (Å²) in [7, 11) is 0. The number of benzene rings is 2. The Morgan fingerprint density at radius 3 is 2.31 bits per heavy atom. The van der Waals surface area contributed by atoms with Crippen molar-refractivity contribution in [1.29, 1.82) is 0 Å². The summed E-state index contributed by atoms with van der Waals surface area (Å²) in [6, 6.07) is 13.0. The summed E-state index contributed by atoms with van der Waals surface area (Å²) >= 11 is 0. The number of nitrogens with one attached hydrogen (secondary N) is 1. The molecular weight excluding hydrogens is 377 g/mol. The van der Waals surface area contributed by atoms with Crippen LogP contribution in [0, 0.1) is 27.7 Å². The van der Waals surface area contributed by atoms with Gasteiger partial charge >= 0.3 is 6.18 Å². The molecule has 0 unspecified atom stereocenters. The van der Waals surface area contributed by atoms with Crippen molar-refractivity contribution < 1.29 is 18.0 Å².